The van der Waals surface area contributed by atoms with Crippen LogP contribution in [0.15, 0.2) is 0 Å². The number of piperidine rings is 1. The maximum absolute atomic E-state index is 12.3. The van der Waals surface area contributed by atoms with Crippen molar-refractivity contribution in [3.8, 4) is 0 Å². The van der Waals surface area contributed by atoms with Crippen LogP contribution in [0.25, 0.3) is 0 Å². The van der Waals surface area contributed by atoms with Gasteiger partial charge in [0.2, 0.25) is 0 Å². The molecule has 0 bridgehead atoms. The average molecular weight is 271 g/mol. The van der Waals surface area contributed by atoms with Crippen molar-refractivity contribution in [2.45, 2.75) is 38.4 Å². The molecule has 0 aromatic rings. The number of hydrogen-bond donors (Lipinski definition) is 0. The van der Waals surface area contributed by atoms with E-state index in [1.54, 1.807) is 7.11 Å². The van der Waals surface area contributed by atoms with Gasteiger partial charge < -0.3 is 19.1 Å². The summed E-state index contributed by atoms with van der Waals surface area (Å²) in [7, 11) is 1.63. The van der Waals surface area contributed by atoms with E-state index in [0.717, 1.165) is 32.5 Å². The van der Waals surface area contributed by atoms with Crippen LogP contribution >= 0.6 is 0 Å². The number of ether oxygens (including phenoxy) is 3. The second-order valence-corrected chi connectivity index (χ2v) is 5.39. The maximum Gasteiger partial charge on any atom is 0.251 e. The first-order chi connectivity index (χ1) is 9.22. The highest BCUT2D eigenvalue weighted by atomic mass is 16.5. The predicted octanol–water partition coefficient (Wildman–Crippen LogP) is 1.07. The molecule has 2 heterocycles. The molecule has 3 atom stereocenters. The number of rotatable bonds is 5. The first kappa shape index (κ1) is 14.8. The zero-order valence-corrected chi connectivity index (χ0v) is 12.0. The third kappa shape index (κ3) is 3.91. The van der Waals surface area contributed by atoms with E-state index < -0.39 is 0 Å². The summed E-state index contributed by atoms with van der Waals surface area (Å²) >= 11 is 0. The number of fused-ring (bicyclic) bond motifs is 1. The monoisotopic (exact) mass is 271 g/mol. The molecule has 0 aliphatic carbocycles. The van der Waals surface area contributed by atoms with Gasteiger partial charge in [0.15, 0.2) is 0 Å². The molecule has 2 aliphatic heterocycles. The van der Waals surface area contributed by atoms with Crippen molar-refractivity contribution in [3.05, 3.63) is 0 Å². The Morgan fingerprint density at radius 1 is 1.42 bits per heavy atom. The topological polar surface area (TPSA) is 48.0 Å². The predicted molar refractivity (Wildman–Crippen MR) is 71.0 cm³/mol. The van der Waals surface area contributed by atoms with Crippen LogP contribution in [0, 0.1) is 5.92 Å². The number of methoxy groups -OCH3 is 1. The van der Waals surface area contributed by atoms with Gasteiger partial charge >= 0.3 is 0 Å². The fourth-order valence-corrected chi connectivity index (χ4v) is 2.92. The maximum atomic E-state index is 12.3. The molecule has 0 spiro atoms. The van der Waals surface area contributed by atoms with Crippen molar-refractivity contribution in [2.75, 3.05) is 40.0 Å². The third-order valence-corrected chi connectivity index (χ3v) is 4.03. The lowest BCUT2D eigenvalue weighted by Crippen LogP contribution is -2.51. The van der Waals surface area contributed by atoms with Crippen LogP contribution < -0.4 is 0 Å². The Morgan fingerprint density at radius 2 is 2.26 bits per heavy atom. The highest BCUT2D eigenvalue weighted by Crippen LogP contribution is 2.28. The fourth-order valence-electron chi connectivity index (χ4n) is 2.92. The number of carbonyl (C=O) groups excluding carboxylic acids is 1. The Balaban J connectivity index is 1.79. The van der Waals surface area contributed by atoms with Crippen molar-refractivity contribution in [2.24, 2.45) is 5.92 Å². The van der Waals surface area contributed by atoms with Gasteiger partial charge in [-0.25, -0.2) is 0 Å². The number of nitrogens with zero attached hydrogens (tertiary/aromatic N) is 1. The van der Waals surface area contributed by atoms with Crippen molar-refractivity contribution in [1.82, 2.24) is 4.90 Å². The van der Waals surface area contributed by atoms with E-state index in [2.05, 4.69) is 0 Å². The number of hydrogen-bond acceptors (Lipinski definition) is 4. The van der Waals surface area contributed by atoms with E-state index in [4.69, 9.17) is 14.2 Å². The normalized spacial score (nSPS) is 28.8. The van der Waals surface area contributed by atoms with E-state index in [9.17, 15) is 4.79 Å². The smallest absolute Gasteiger partial charge is 0.251 e. The summed E-state index contributed by atoms with van der Waals surface area (Å²) in [6, 6.07) is 0. The first-order valence-electron chi connectivity index (χ1n) is 7.23. The Labute approximate surface area is 115 Å². The highest BCUT2D eigenvalue weighted by molar-refractivity contribution is 5.80. The van der Waals surface area contributed by atoms with E-state index in [1.165, 1.54) is 6.42 Å². The lowest BCUT2D eigenvalue weighted by atomic mass is 9.88. The molecule has 5 nitrogen and oxygen atoms in total. The van der Waals surface area contributed by atoms with E-state index in [1.807, 2.05) is 11.8 Å². The summed E-state index contributed by atoms with van der Waals surface area (Å²) in [5.41, 5.74) is 0. The van der Waals surface area contributed by atoms with E-state index >= 15 is 0 Å². The Kier molecular flexibility index (Phi) is 5.60. The molecule has 0 saturated carbocycles. The zero-order valence-electron chi connectivity index (χ0n) is 12.0. The van der Waals surface area contributed by atoms with E-state index in [-0.39, 0.29) is 12.0 Å². The van der Waals surface area contributed by atoms with Gasteiger partial charge in [-0.05, 0) is 26.2 Å². The van der Waals surface area contributed by atoms with Gasteiger partial charge in [0, 0.05) is 32.7 Å². The van der Waals surface area contributed by atoms with Gasteiger partial charge in [-0.15, -0.1) is 0 Å². The number of likely N-dealkylation sites (tertiary alicyclic amines) is 1. The summed E-state index contributed by atoms with van der Waals surface area (Å²) in [4.78, 5) is 14.2. The molecule has 1 amide bonds. The molecular weight excluding hydrogens is 246 g/mol. The molecule has 3 unspecified atom stereocenters. The summed E-state index contributed by atoms with van der Waals surface area (Å²) < 4.78 is 16.2. The fraction of sp³-hybridized carbons (Fsp3) is 0.929. The third-order valence-electron chi connectivity index (χ3n) is 4.03. The second-order valence-electron chi connectivity index (χ2n) is 5.39. The molecule has 5 heteroatoms. The minimum Gasteiger partial charge on any atom is -0.382 e. The summed E-state index contributed by atoms with van der Waals surface area (Å²) in [5.74, 6) is 0.609. The van der Waals surface area contributed by atoms with Crippen LogP contribution in [0.4, 0.5) is 0 Å². The van der Waals surface area contributed by atoms with Crippen LogP contribution in [0.5, 0.6) is 0 Å². The van der Waals surface area contributed by atoms with Gasteiger partial charge in [-0.3, -0.25) is 4.79 Å². The van der Waals surface area contributed by atoms with Crippen LogP contribution in [-0.4, -0.2) is 63.0 Å². The van der Waals surface area contributed by atoms with Crippen molar-refractivity contribution < 1.29 is 19.0 Å². The molecule has 0 N–H and O–H groups in total. The number of amides is 1. The molecule has 2 rings (SSSR count). The first-order valence-corrected chi connectivity index (χ1v) is 7.23. The number of carbonyl (C=O) groups is 1. The Bertz CT molecular complexity index is 297. The molecular formula is C14H25NO4. The van der Waals surface area contributed by atoms with Gasteiger partial charge in [0.1, 0.15) is 6.10 Å². The van der Waals surface area contributed by atoms with E-state index in [0.29, 0.717) is 25.2 Å². The molecule has 2 aliphatic rings. The summed E-state index contributed by atoms with van der Waals surface area (Å²) in [5, 5.41) is 0. The molecule has 0 aromatic heterocycles. The Hall–Kier alpha value is -0.650. The average Bonchev–Trinajstić information content (AvgIpc) is 2.46. The highest BCUT2D eigenvalue weighted by Gasteiger charge is 2.35. The molecule has 0 radical (unpaired) electrons. The lowest BCUT2D eigenvalue weighted by molar-refractivity contribution is -0.150. The van der Waals surface area contributed by atoms with Crippen molar-refractivity contribution >= 4 is 5.91 Å². The molecule has 19 heavy (non-hydrogen) atoms. The molecule has 2 fully saturated rings. The van der Waals surface area contributed by atoms with Crippen LogP contribution in [-0.2, 0) is 19.0 Å². The minimum atomic E-state index is -0.379. The second kappa shape index (κ2) is 7.22. The van der Waals surface area contributed by atoms with Gasteiger partial charge in [-0.1, -0.05) is 0 Å². The van der Waals surface area contributed by atoms with Gasteiger partial charge in [0.05, 0.1) is 19.3 Å². The van der Waals surface area contributed by atoms with Crippen LogP contribution in [0.2, 0.25) is 0 Å². The van der Waals surface area contributed by atoms with Crippen molar-refractivity contribution in [1.29, 1.82) is 0 Å². The summed E-state index contributed by atoms with van der Waals surface area (Å²) in [6.07, 6.45) is 3.23. The SMILES string of the molecule is COCCOC(C)C(=O)N1CCC2OCCCC2C1. The molecule has 0 aromatic carbocycles. The minimum absolute atomic E-state index is 0.0973. The lowest BCUT2D eigenvalue weighted by Gasteiger charge is -2.41. The summed E-state index contributed by atoms with van der Waals surface area (Å²) in [6.45, 7) is 5.30. The largest absolute Gasteiger partial charge is 0.382 e. The Morgan fingerprint density at radius 3 is 3.05 bits per heavy atom. The molecule has 110 valence electrons. The van der Waals surface area contributed by atoms with Crippen LogP contribution in [0.1, 0.15) is 26.2 Å². The zero-order chi connectivity index (χ0) is 13.7. The van der Waals surface area contributed by atoms with Crippen molar-refractivity contribution in [3.63, 3.8) is 0 Å². The standard InChI is InChI=1S/C14H25NO4/c1-11(18-9-8-17-2)14(16)15-6-5-13-12(10-15)4-3-7-19-13/h11-13H,3-10H2,1-2H3. The molecule has 2 saturated heterocycles. The van der Waals surface area contributed by atoms with Crippen LogP contribution in [0.3, 0.4) is 0 Å². The van der Waals surface area contributed by atoms with Gasteiger partial charge in [0.25, 0.3) is 5.91 Å². The quantitative estimate of drug-likeness (QED) is 0.702. The van der Waals surface area contributed by atoms with Gasteiger partial charge in [-0.2, -0.15) is 0 Å².